The van der Waals surface area contributed by atoms with E-state index in [9.17, 15) is 4.79 Å². The molecule has 1 unspecified atom stereocenters. The van der Waals surface area contributed by atoms with E-state index in [4.69, 9.17) is 5.73 Å². The predicted molar refractivity (Wildman–Crippen MR) is 81.2 cm³/mol. The Morgan fingerprint density at radius 2 is 2.11 bits per heavy atom. The second kappa shape index (κ2) is 7.82. The van der Waals surface area contributed by atoms with Crippen molar-refractivity contribution >= 4 is 11.6 Å². The number of aryl methyl sites for hydroxylation is 1. The van der Waals surface area contributed by atoms with E-state index in [1.807, 2.05) is 13.0 Å². The Morgan fingerprint density at radius 1 is 1.37 bits per heavy atom. The first-order valence-electron chi connectivity index (χ1n) is 7.22. The molecule has 19 heavy (non-hydrogen) atoms. The third-order valence-electron chi connectivity index (χ3n) is 3.59. The van der Waals surface area contributed by atoms with E-state index in [2.05, 4.69) is 19.2 Å². The zero-order chi connectivity index (χ0) is 14.3. The normalized spacial score (nSPS) is 12.2. The molecule has 0 saturated heterocycles. The molecular weight excluding hydrogens is 236 g/mol. The molecule has 3 heteroatoms. The molecule has 0 fully saturated rings. The van der Waals surface area contributed by atoms with Gasteiger partial charge in [0.25, 0.3) is 5.91 Å². The van der Waals surface area contributed by atoms with Crippen LogP contribution in [0, 0.1) is 12.8 Å². The zero-order valence-corrected chi connectivity index (χ0v) is 12.3. The van der Waals surface area contributed by atoms with Gasteiger partial charge in [0.15, 0.2) is 0 Å². The summed E-state index contributed by atoms with van der Waals surface area (Å²) in [4.78, 5) is 12.1. The average Bonchev–Trinajstić information content (AvgIpc) is 2.38. The van der Waals surface area contributed by atoms with Crippen LogP contribution in [0.25, 0.3) is 0 Å². The summed E-state index contributed by atoms with van der Waals surface area (Å²) in [7, 11) is 0. The van der Waals surface area contributed by atoms with Gasteiger partial charge in [-0.05, 0) is 43.0 Å². The highest BCUT2D eigenvalue weighted by molar-refractivity contribution is 5.95. The molecule has 0 heterocycles. The fraction of sp³-hybridized carbons (Fsp3) is 0.562. The lowest BCUT2D eigenvalue weighted by molar-refractivity contribution is 0.0945. The molecular formula is C16H26N2O. The van der Waals surface area contributed by atoms with Gasteiger partial charge in [-0.3, -0.25) is 4.79 Å². The van der Waals surface area contributed by atoms with Crippen molar-refractivity contribution in [2.24, 2.45) is 5.92 Å². The van der Waals surface area contributed by atoms with E-state index in [1.54, 1.807) is 12.1 Å². The first-order valence-corrected chi connectivity index (χ1v) is 7.22. The van der Waals surface area contributed by atoms with Crippen molar-refractivity contribution in [1.82, 2.24) is 5.32 Å². The molecule has 0 radical (unpaired) electrons. The summed E-state index contributed by atoms with van der Waals surface area (Å²) in [5.74, 6) is 0.588. The lowest BCUT2D eigenvalue weighted by Gasteiger charge is -2.16. The van der Waals surface area contributed by atoms with E-state index < -0.39 is 0 Å². The number of benzene rings is 1. The van der Waals surface area contributed by atoms with E-state index in [-0.39, 0.29) is 5.91 Å². The van der Waals surface area contributed by atoms with Crippen molar-refractivity contribution < 1.29 is 4.79 Å². The number of nitrogens with two attached hydrogens (primary N) is 1. The number of hydrogen-bond acceptors (Lipinski definition) is 2. The fourth-order valence-electron chi connectivity index (χ4n) is 2.22. The maximum Gasteiger partial charge on any atom is 0.251 e. The third-order valence-corrected chi connectivity index (χ3v) is 3.59. The number of carbonyl (C=O) groups is 1. The highest BCUT2D eigenvalue weighted by atomic mass is 16.1. The highest BCUT2D eigenvalue weighted by Gasteiger charge is 2.11. The van der Waals surface area contributed by atoms with Crippen LogP contribution in [0.2, 0.25) is 0 Å². The van der Waals surface area contributed by atoms with Crippen molar-refractivity contribution in [3.8, 4) is 0 Å². The number of hydrogen-bond donors (Lipinski definition) is 2. The molecule has 0 aliphatic rings. The van der Waals surface area contributed by atoms with Crippen molar-refractivity contribution in [2.75, 3.05) is 12.3 Å². The van der Waals surface area contributed by atoms with Crippen molar-refractivity contribution in [3.05, 3.63) is 29.3 Å². The van der Waals surface area contributed by atoms with E-state index >= 15 is 0 Å². The molecule has 0 spiro atoms. The minimum absolute atomic E-state index is 0.00690. The summed E-state index contributed by atoms with van der Waals surface area (Å²) in [5, 5.41) is 3.04. The van der Waals surface area contributed by atoms with Crippen LogP contribution in [0.3, 0.4) is 0 Å². The summed E-state index contributed by atoms with van der Waals surface area (Å²) in [5.41, 5.74) is 8.04. The summed E-state index contributed by atoms with van der Waals surface area (Å²) in [6, 6.07) is 5.41. The Kier molecular flexibility index (Phi) is 6.40. The maximum absolute atomic E-state index is 12.1. The van der Waals surface area contributed by atoms with Crippen LogP contribution < -0.4 is 11.1 Å². The number of nitrogens with one attached hydrogen (secondary N) is 1. The molecule has 1 rings (SSSR count). The first-order chi connectivity index (χ1) is 9.08. The van der Waals surface area contributed by atoms with Gasteiger partial charge in [0.2, 0.25) is 0 Å². The van der Waals surface area contributed by atoms with Crippen LogP contribution in [-0.2, 0) is 0 Å². The van der Waals surface area contributed by atoms with Crippen LogP contribution in [0.1, 0.15) is 55.5 Å². The first kappa shape index (κ1) is 15.5. The topological polar surface area (TPSA) is 55.1 Å². The number of carbonyl (C=O) groups excluding carboxylic acids is 1. The second-order valence-electron chi connectivity index (χ2n) is 5.20. The molecule has 1 aromatic rings. The van der Waals surface area contributed by atoms with Gasteiger partial charge < -0.3 is 11.1 Å². The number of amides is 1. The van der Waals surface area contributed by atoms with Gasteiger partial charge in [-0.1, -0.05) is 33.1 Å². The molecule has 0 aliphatic carbocycles. The number of nitrogen functional groups attached to an aromatic ring is 1. The number of rotatable bonds is 7. The minimum Gasteiger partial charge on any atom is -0.399 e. The second-order valence-corrected chi connectivity index (χ2v) is 5.20. The van der Waals surface area contributed by atoms with Crippen molar-refractivity contribution in [2.45, 2.75) is 46.5 Å². The van der Waals surface area contributed by atoms with Gasteiger partial charge in [0, 0.05) is 17.8 Å². The predicted octanol–water partition coefficient (Wildman–Crippen LogP) is 3.52. The average molecular weight is 262 g/mol. The van der Waals surface area contributed by atoms with Gasteiger partial charge in [0.1, 0.15) is 0 Å². The fourth-order valence-corrected chi connectivity index (χ4v) is 2.22. The molecule has 0 bridgehead atoms. The molecule has 1 amide bonds. The van der Waals surface area contributed by atoms with Crippen LogP contribution in [0.15, 0.2) is 18.2 Å². The SMILES string of the molecule is CCCCC(CC)CNC(=O)c1ccc(N)cc1C. The Hall–Kier alpha value is -1.51. The Labute approximate surface area is 116 Å². The Bertz CT molecular complexity index is 415. The zero-order valence-electron chi connectivity index (χ0n) is 12.3. The summed E-state index contributed by atoms with van der Waals surface area (Å²) in [6.45, 7) is 7.06. The largest absolute Gasteiger partial charge is 0.399 e. The monoisotopic (exact) mass is 262 g/mol. The van der Waals surface area contributed by atoms with Crippen molar-refractivity contribution in [1.29, 1.82) is 0 Å². The molecule has 1 aromatic carbocycles. The van der Waals surface area contributed by atoms with Crippen LogP contribution >= 0.6 is 0 Å². The van der Waals surface area contributed by atoms with Crippen LogP contribution in [0.4, 0.5) is 5.69 Å². The van der Waals surface area contributed by atoms with Gasteiger partial charge in [0.05, 0.1) is 0 Å². The highest BCUT2D eigenvalue weighted by Crippen LogP contribution is 2.14. The molecule has 0 aliphatic heterocycles. The van der Waals surface area contributed by atoms with Gasteiger partial charge >= 0.3 is 0 Å². The molecule has 0 aromatic heterocycles. The van der Waals surface area contributed by atoms with Crippen LogP contribution in [0.5, 0.6) is 0 Å². The molecule has 3 N–H and O–H groups in total. The summed E-state index contributed by atoms with van der Waals surface area (Å²) >= 11 is 0. The van der Waals surface area contributed by atoms with Crippen LogP contribution in [-0.4, -0.2) is 12.5 Å². The Balaban J connectivity index is 2.54. The lowest BCUT2D eigenvalue weighted by Crippen LogP contribution is -2.29. The molecule has 3 nitrogen and oxygen atoms in total. The Morgan fingerprint density at radius 3 is 2.68 bits per heavy atom. The van der Waals surface area contributed by atoms with E-state index in [0.717, 1.165) is 24.1 Å². The molecule has 0 saturated carbocycles. The maximum atomic E-state index is 12.1. The summed E-state index contributed by atoms with van der Waals surface area (Å²) < 4.78 is 0. The quantitative estimate of drug-likeness (QED) is 0.739. The van der Waals surface area contributed by atoms with Gasteiger partial charge in [-0.15, -0.1) is 0 Å². The van der Waals surface area contributed by atoms with Gasteiger partial charge in [-0.2, -0.15) is 0 Å². The van der Waals surface area contributed by atoms with E-state index in [1.165, 1.54) is 19.3 Å². The molecule has 106 valence electrons. The van der Waals surface area contributed by atoms with Gasteiger partial charge in [-0.25, -0.2) is 0 Å². The minimum atomic E-state index is 0.00690. The molecule has 1 atom stereocenters. The standard InChI is InChI=1S/C16H26N2O/c1-4-6-7-13(5-2)11-18-16(19)15-9-8-14(17)10-12(15)3/h8-10,13H,4-7,11,17H2,1-3H3,(H,18,19). The third kappa shape index (κ3) is 4.93. The lowest BCUT2D eigenvalue weighted by atomic mass is 9.99. The number of anilines is 1. The summed E-state index contributed by atoms with van der Waals surface area (Å²) in [6.07, 6.45) is 4.74. The smallest absolute Gasteiger partial charge is 0.251 e. The number of unbranched alkanes of at least 4 members (excludes halogenated alkanes) is 1. The van der Waals surface area contributed by atoms with E-state index in [0.29, 0.717) is 11.6 Å². The van der Waals surface area contributed by atoms with Crippen molar-refractivity contribution in [3.63, 3.8) is 0 Å².